The number of rotatable bonds is 5. The maximum Gasteiger partial charge on any atom is 0.251 e. The second-order valence-electron chi connectivity index (χ2n) is 6.78. The lowest BCUT2D eigenvalue weighted by Crippen LogP contribution is -2.37. The molecule has 1 aromatic heterocycles. The third kappa shape index (κ3) is 4.04. The highest BCUT2D eigenvalue weighted by molar-refractivity contribution is 9.10. The second kappa shape index (κ2) is 8.06. The molecule has 0 saturated carbocycles. The van der Waals surface area contributed by atoms with Crippen molar-refractivity contribution in [1.29, 1.82) is 0 Å². The van der Waals surface area contributed by atoms with Crippen molar-refractivity contribution in [2.75, 3.05) is 25.1 Å². The number of halogens is 1. The van der Waals surface area contributed by atoms with Crippen molar-refractivity contribution in [3.8, 4) is 17.0 Å². The van der Waals surface area contributed by atoms with Gasteiger partial charge in [0.25, 0.3) is 5.91 Å². The lowest BCUT2D eigenvalue weighted by Gasteiger charge is -2.16. The third-order valence-electron chi connectivity index (χ3n) is 4.90. The number of anilines is 1. The molecule has 2 aromatic carbocycles. The average Bonchev–Trinajstić information content (AvgIpc) is 3.37. The van der Waals surface area contributed by atoms with Gasteiger partial charge in [0.05, 0.1) is 12.8 Å². The maximum absolute atomic E-state index is 12.5. The summed E-state index contributed by atoms with van der Waals surface area (Å²) in [5, 5.41) is 10.7. The van der Waals surface area contributed by atoms with Gasteiger partial charge in [-0.1, -0.05) is 22.0 Å². The summed E-state index contributed by atoms with van der Waals surface area (Å²) in [4.78, 5) is 14.6. The largest absolute Gasteiger partial charge is 0.497 e. The van der Waals surface area contributed by atoms with Crippen LogP contribution in [0.3, 0.4) is 0 Å². The Kier molecular flexibility index (Phi) is 5.34. The van der Waals surface area contributed by atoms with E-state index in [2.05, 4.69) is 36.3 Å². The highest BCUT2D eigenvalue weighted by Crippen LogP contribution is 2.26. The molecule has 6 nitrogen and oxygen atoms in total. The van der Waals surface area contributed by atoms with Crippen LogP contribution < -0.4 is 15.0 Å². The van der Waals surface area contributed by atoms with Gasteiger partial charge in [-0.2, -0.15) is 5.10 Å². The number of amides is 1. The molecule has 2 N–H and O–H groups in total. The fourth-order valence-electron chi connectivity index (χ4n) is 3.38. The summed E-state index contributed by atoms with van der Waals surface area (Å²) in [6.07, 6.45) is 0.893. The summed E-state index contributed by atoms with van der Waals surface area (Å²) in [6, 6.07) is 17.4. The van der Waals surface area contributed by atoms with Crippen molar-refractivity contribution in [1.82, 2.24) is 15.5 Å². The Labute approximate surface area is 172 Å². The van der Waals surface area contributed by atoms with E-state index in [1.165, 1.54) is 0 Å². The van der Waals surface area contributed by atoms with Crippen LogP contribution in [-0.2, 0) is 0 Å². The predicted octanol–water partition coefficient (Wildman–Crippen LogP) is 3.86. The van der Waals surface area contributed by atoms with Gasteiger partial charge in [-0.25, -0.2) is 0 Å². The predicted molar refractivity (Wildman–Crippen MR) is 113 cm³/mol. The topological polar surface area (TPSA) is 70.2 Å². The Hall–Kier alpha value is -2.80. The van der Waals surface area contributed by atoms with E-state index in [4.69, 9.17) is 4.74 Å². The number of H-pyrrole nitrogens is 1. The number of aromatic amines is 1. The zero-order chi connectivity index (χ0) is 19.5. The quantitative estimate of drug-likeness (QED) is 0.631. The number of benzene rings is 2. The Morgan fingerprint density at radius 2 is 2.07 bits per heavy atom. The van der Waals surface area contributed by atoms with Crippen LogP contribution in [0.1, 0.15) is 16.8 Å². The first kappa shape index (κ1) is 18.6. The van der Waals surface area contributed by atoms with Crippen LogP contribution in [-0.4, -0.2) is 42.3 Å². The first-order chi connectivity index (χ1) is 13.6. The minimum Gasteiger partial charge on any atom is -0.497 e. The fraction of sp³-hybridized carbons (Fsp3) is 0.238. The number of hydrogen-bond donors (Lipinski definition) is 2. The van der Waals surface area contributed by atoms with Crippen LogP contribution in [0, 0.1) is 0 Å². The van der Waals surface area contributed by atoms with Crippen molar-refractivity contribution in [3.05, 3.63) is 64.6 Å². The summed E-state index contributed by atoms with van der Waals surface area (Å²) in [6.45, 7) is 1.60. The standard InChI is InChI=1S/C21H21BrN4O2/c1-28-18-7-5-14(6-8-18)19-12-20(25-24-19)26-10-9-17(13-26)23-21(27)15-3-2-4-16(22)11-15/h2-8,11-12,17H,9-10,13H2,1H3,(H,23,27)(H,24,25). The van der Waals surface area contributed by atoms with Gasteiger partial charge in [-0.15, -0.1) is 0 Å². The van der Waals surface area contributed by atoms with E-state index in [0.29, 0.717) is 5.56 Å². The van der Waals surface area contributed by atoms with E-state index in [0.717, 1.165) is 46.8 Å². The Morgan fingerprint density at radius 1 is 1.25 bits per heavy atom. The number of methoxy groups -OCH3 is 1. The smallest absolute Gasteiger partial charge is 0.251 e. The highest BCUT2D eigenvalue weighted by atomic mass is 79.9. The number of aromatic nitrogens is 2. The monoisotopic (exact) mass is 440 g/mol. The molecule has 1 saturated heterocycles. The van der Waals surface area contributed by atoms with E-state index >= 15 is 0 Å². The molecule has 0 spiro atoms. The van der Waals surface area contributed by atoms with Crippen LogP contribution in [0.4, 0.5) is 5.82 Å². The van der Waals surface area contributed by atoms with E-state index in [9.17, 15) is 4.79 Å². The first-order valence-electron chi connectivity index (χ1n) is 9.13. The van der Waals surface area contributed by atoms with E-state index in [1.807, 2.05) is 54.6 Å². The van der Waals surface area contributed by atoms with Crippen LogP contribution in [0.2, 0.25) is 0 Å². The molecule has 1 fully saturated rings. The van der Waals surface area contributed by atoms with Crippen molar-refractivity contribution in [2.24, 2.45) is 0 Å². The van der Waals surface area contributed by atoms with Crippen LogP contribution in [0.5, 0.6) is 5.75 Å². The Balaban J connectivity index is 1.39. The second-order valence-corrected chi connectivity index (χ2v) is 7.70. The molecular formula is C21H21BrN4O2. The Morgan fingerprint density at radius 3 is 2.82 bits per heavy atom. The van der Waals surface area contributed by atoms with Crippen LogP contribution in [0.15, 0.2) is 59.1 Å². The summed E-state index contributed by atoms with van der Waals surface area (Å²) in [5.41, 5.74) is 2.67. The number of carbonyl (C=O) groups excluding carboxylic acids is 1. The SMILES string of the molecule is COc1ccc(-c2cc(N3CCC(NC(=O)c4cccc(Br)c4)C3)n[nH]2)cc1. The minimum absolute atomic E-state index is 0.0471. The van der Waals surface area contributed by atoms with Gasteiger partial charge in [0, 0.05) is 35.2 Å². The van der Waals surface area contributed by atoms with Gasteiger partial charge in [0.2, 0.25) is 0 Å². The summed E-state index contributed by atoms with van der Waals surface area (Å²) >= 11 is 3.41. The molecule has 1 unspecified atom stereocenters. The van der Waals surface area contributed by atoms with Gasteiger partial charge in [0.15, 0.2) is 5.82 Å². The number of nitrogens with zero attached hydrogens (tertiary/aromatic N) is 2. The molecule has 2 heterocycles. The highest BCUT2D eigenvalue weighted by Gasteiger charge is 2.26. The molecule has 1 amide bonds. The van der Waals surface area contributed by atoms with Gasteiger partial charge in [-0.3, -0.25) is 9.89 Å². The maximum atomic E-state index is 12.5. The molecule has 7 heteroatoms. The number of carbonyl (C=O) groups is 1. The fourth-order valence-corrected chi connectivity index (χ4v) is 3.78. The molecule has 28 heavy (non-hydrogen) atoms. The van der Waals surface area contributed by atoms with Gasteiger partial charge in [-0.05, 0) is 54.4 Å². The zero-order valence-corrected chi connectivity index (χ0v) is 17.1. The minimum atomic E-state index is -0.0471. The first-order valence-corrected chi connectivity index (χ1v) is 9.93. The van der Waals surface area contributed by atoms with Crippen molar-refractivity contribution in [2.45, 2.75) is 12.5 Å². The molecule has 1 aliphatic heterocycles. The summed E-state index contributed by atoms with van der Waals surface area (Å²) in [7, 11) is 1.66. The van der Waals surface area contributed by atoms with Gasteiger partial charge >= 0.3 is 0 Å². The normalized spacial score (nSPS) is 16.2. The van der Waals surface area contributed by atoms with E-state index in [1.54, 1.807) is 7.11 Å². The lowest BCUT2D eigenvalue weighted by atomic mass is 10.1. The van der Waals surface area contributed by atoms with Crippen LogP contribution in [0.25, 0.3) is 11.3 Å². The van der Waals surface area contributed by atoms with Crippen molar-refractivity contribution >= 4 is 27.7 Å². The molecule has 144 valence electrons. The molecule has 0 radical (unpaired) electrons. The number of hydrogen-bond acceptors (Lipinski definition) is 4. The number of ether oxygens (including phenoxy) is 1. The lowest BCUT2D eigenvalue weighted by molar-refractivity contribution is 0.0940. The molecule has 0 bridgehead atoms. The summed E-state index contributed by atoms with van der Waals surface area (Å²) < 4.78 is 6.10. The molecular weight excluding hydrogens is 420 g/mol. The van der Waals surface area contributed by atoms with Crippen LogP contribution >= 0.6 is 15.9 Å². The third-order valence-corrected chi connectivity index (χ3v) is 5.39. The van der Waals surface area contributed by atoms with E-state index in [-0.39, 0.29) is 11.9 Å². The van der Waals surface area contributed by atoms with Gasteiger partial charge < -0.3 is 15.0 Å². The molecule has 3 aromatic rings. The number of nitrogens with one attached hydrogen (secondary N) is 2. The zero-order valence-electron chi connectivity index (χ0n) is 15.5. The Bertz CT molecular complexity index is 971. The molecule has 0 aliphatic carbocycles. The molecule has 1 aliphatic rings. The van der Waals surface area contributed by atoms with Crippen molar-refractivity contribution < 1.29 is 9.53 Å². The average molecular weight is 441 g/mol. The molecule has 1 atom stereocenters. The van der Waals surface area contributed by atoms with E-state index < -0.39 is 0 Å². The van der Waals surface area contributed by atoms with Gasteiger partial charge in [0.1, 0.15) is 5.75 Å². The van der Waals surface area contributed by atoms with Crippen molar-refractivity contribution in [3.63, 3.8) is 0 Å². The molecule has 4 rings (SSSR count). The summed E-state index contributed by atoms with van der Waals surface area (Å²) in [5.74, 6) is 1.67.